The summed E-state index contributed by atoms with van der Waals surface area (Å²) in [5.74, 6) is 0.146. The van der Waals surface area contributed by atoms with E-state index in [0.29, 0.717) is 5.75 Å². The van der Waals surface area contributed by atoms with Gasteiger partial charge in [-0.25, -0.2) is 0 Å². The highest BCUT2D eigenvalue weighted by atomic mass is 16.5. The molecule has 0 amide bonds. The number of esters is 1. The van der Waals surface area contributed by atoms with Crippen LogP contribution in [0, 0.1) is 5.41 Å². The predicted octanol–water partition coefficient (Wildman–Crippen LogP) is 1.63. The van der Waals surface area contributed by atoms with Gasteiger partial charge in [0, 0.05) is 25.0 Å². The molecule has 1 aromatic rings. The molecule has 0 saturated carbocycles. The number of nitrogens with two attached hydrogens (primary N) is 1. The molecule has 17 heavy (non-hydrogen) atoms. The molecule has 4 heteroatoms. The Kier molecular flexibility index (Phi) is 4.26. The van der Waals surface area contributed by atoms with E-state index in [4.69, 9.17) is 10.5 Å². The number of carbonyl (C=O) groups is 1. The Hall–Kier alpha value is -1.39. The number of rotatable bonds is 4. The summed E-state index contributed by atoms with van der Waals surface area (Å²) in [6.45, 7) is 5.17. The number of carbonyl (C=O) groups excluding carboxylic acids is 1. The number of ether oxygens (including phenoxy) is 1. The quantitative estimate of drug-likeness (QED) is 0.616. The lowest BCUT2D eigenvalue weighted by molar-refractivity contribution is -0.131. The number of hydrogen-bond donors (Lipinski definition) is 2. The second-order valence-corrected chi connectivity index (χ2v) is 4.79. The summed E-state index contributed by atoms with van der Waals surface area (Å²) in [6.07, 6.45) is 0. The van der Waals surface area contributed by atoms with E-state index < -0.39 is 0 Å². The first-order chi connectivity index (χ1) is 7.86. The zero-order valence-corrected chi connectivity index (χ0v) is 10.4. The van der Waals surface area contributed by atoms with Crippen molar-refractivity contribution in [3.63, 3.8) is 0 Å². The van der Waals surface area contributed by atoms with Crippen molar-refractivity contribution in [3.8, 4) is 5.75 Å². The molecule has 0 aliphatic carbocycles. The van der Waals surface area contributed by atoms with E-state index in [1.165, 1.54) is 6.92 Å². The van der Waals surface area contributed by atoms with Gasteiger partial charge in [-0.15, -0.1) is 0 Å². The Bertz CT molecular complexity index is 384. The van der Waals surface area contributed by atoms with Crippen LogP contribution >= 0.6 is 0 Å². The summed E-state index contributed by atoms with van der Waals surface area (Å²) in [7, 11) is 0. The lowest BCUT2D eigenvalue weighted by Gasteiger charge is -2.29. The minimum absolute atomic E-state index is 0.0138. The monoisotopic (exact) mass is 237 g/mol. The smallest absolute Gasteiger partial charge is 0.308 e. The first-order valence-corrected chi connectivity index (χ1v) is 5.51. The van der Waals surface area contributed by atoms with Gasteiger partial charge in [0.05, 0.1) is 0 Å². The van der Waals surface area contributed by atoms with Crippen molar-refractivity contribution in [3.05, 3.63) is 29.8 Å². The highest BCUT2D eigenvalue weighted by Gasteiger charge is 2.26. The van der Waals surface area contributed by atoms with Crippen LogP contribution in [0.15, 0.2) is 24.3 Å². The normalized spacial score (nSPS) is 13.2. The van der Waals surface area contributed by atoms with E-state index in [2.05, 4.69) is 0 Å². The molecule has 0 heterocycles. The van der Waals surface area contributed by atoms with Gasteiger partial charge in [0.1, 0.15) is 5.75 Å². The second-order valence-electron chi connectivity index (χ2n) is 4.79. The maximum absolute atomic E-state index is 10.8. The molecule has 0 aliphatic rings. The van der Waals surface area contributed by atoms with Crippen molar-refractivity contribution in [2.45, 2.75) is 26.8 Å². The van der Waals surface area contributed by atoms with Crippen LogP contribution in [0.4, 0.5) is 0 Å². The Morgan fingerprint density at radius 3 is 2.35 bits per heavy atom. The van der Waals surface area contributed by atoms with Crippen molar-refractivity contribution >= 4 is 5.97 Å². The van der Waals surface area contributed by atoms with Crippen LogP contribution in [0.1, 0.15) is 32.4 Å². The van der Waals surface area contributed by atoms with Crippen molar-refractivity contribution in [2.75, 3.05) is 6.61 Å². The maximum Gasteiger partial charge on any atom is 0.308 e. The predicted molar refractivity (Wildman–Crippen MR) is 65.5 cm³/mol. The summed E-state index contributed by atoms with van der Waals surface area (Å²) < 4.78 is 4.93. The fourth-order valence-electron chi connectivity index (χ4n) is 1.46. The third-order valence-corrected chi connectivity index (χ3v) is 2.75. The highest BCUT2D eigenvalue weighted by Crippen LogP contribution is 2.31. The summed E-state index contributed by atoms with van der Waals surface area (Å²) in [5.41, 5.74) is 6.58. The largest absolute Gasteiger partial charge is 0.427 e. The molecule has 0 aromatic heterocycles. The summed E-state index contributed by atoms with van der Waals surface area (Å²) >= 11 is 0. The molecule has 0 fully saturated rings. The van der Waals surface area contributed by atoms with E-state index in [1.54, 1.807) is 24.3 Å². The lowest BCUT2D eigenvalue weighted by Crippen LogP contribution is -2.32. The first kappa shape index (κ1) is 13.7. The van der Waals surface area contributed by atoms with E-state index in [1.807, 2.05) is 13.8 Å². The number of aliphatic hydroxyl groups excluding tert-OH is 1. The molecule has 1 aromatic carbocycles. The van der Waals surface area contributed by atoms with Crippen molar-refractivity contribution < 1.29 is 14.6 Å². The average molecular weight is 237 g/mol. The fraction of sp³-hybridized carbons (Fsp3) is 0.462. The minimum atomic E-state index is -0.386. The minimum Gasteiger partial charge on any atom is -0.427 e. The van der Waals surface area contributed by atoms with Crippen LogP contribution in [-0.4, -0.2) is 17.7 Å². The van der Waals surface area contributed by atoms with E-state index >= 15 is 0 Å². The maximum atomic E-state index is 10.8. The Balaban J connectivity index is 2.84. The molecule has 0 spiro atoms. The van der Waals surface area contributed by atoms with Crippen molar-refractivity contribution in [1.82, 2.24) is 0 Å². The third-order valence-electron chi connectivity index (χ3n) is 2.75. The van der Waals surface area contributed by atoms with Crippen LogP contribution < -0.4 is 10.5 Å². The molecule has 94 valence electrons. The highest BCUT2D eigenvalue weighted by molar-refractivity contribution is 5.69. The molecule has 0 saturated heterocycles. The van der Waals surface area contributed by atoms with Gasteiger partial charge in [0.2, 0.25) is 0 Å². The van der Waals surface area contributed by atoms with Gasteiger partial charge in [-0.2, -0.15) is 0 Å². The molecule has 0 unspecified atom stereocenters. The molecule has 0 aliphatic heterocycles. The van der Waals surface area contributed by atoms with Crippen LogP contribution in [0.25, 0.3) is 0 Å². The zero-order chi connectivity index (χ0) is 13.1. The van der Waals surface area contributed by atoms with Crippen LogP contribution in [0.2, 0.25) is 0 Å². The number of benzene rings is 1. The van der Waals surface area contributed by atoms with Gasteiger partial charge < -0.3 is 15.6 Å². The lowest BCUT2D eigenvalue weighted by atomic mass is 9.82. The molecule has 0 bridgehead atoms. The fourth-order valence-corrected chi connectivity index (χ4v) is 1.46. The Morgan fingerprint density at radius 1 is 1.41 bits per heavy atom. The SMILES string of the molecule is CC(=O)Oc1ccc([C@@H](N)C(C)(C)CO)cc1. The zero-order valence-electron chi connectivity index (χ0n) is 10.4. The van der Waals surface area contributed by atoms with Crippen LogP contribution in [0.5, 0.6) is 5.75 Å². The third kappa shape index (κ3) is 3.54. The number of hydrogen-bond acceptors (Lipinski definition) is 4. The summed E-state index contributed by atoms with van der Waals surface area (Å²) in [6, 6.07) is 6.74. The topological polar surface area (TPSA) is 72.5 Å². The summed E-state index contributed by atoms with van der Waals surface area (Å²) in [5, 5.41) is 9.25. The molecule has 1 rings (SSSR count). The van der Waals surface area contributed by atoms with Crippen LogP contribution in [0.3, 0.4) is 0 Å². The standard InChI is InChI=1S/C13H19NO3/c1-9(16)17-11-6-4-10(5-7-11)12(14)13(2,3)8-15/h4-7,12,15H,8,14H2,1-3H3/t12-/m1/s1. The molecule has 4 nitrogen and oxygen atoms in total. The average Bonchev–Trinajstić information content (AvgIpc) is 2.28. The van der Waals surface area contributed by atoms with Gasteiger partial charge in [-0.3, -0.25) is 4.79 Å². The van der Waals surface area contributed by atoms with Crippen molar-refractivity contribution in [2.24, 2.45) is 11.1 Å². The van der Waals surface area contributed by atoms with Gasteiger partial charge >= 0.3 is 5.97 Å². The molecular formula is C13H19NO3. The van der Waals surface area contributed by atoms with Gasteiger partial charge in [0.25, 0.3) is 0 Å². The molecular weight excluding hydrogens is 218 g/mol. The summed E-state index contributed by atoms with van der Waals surface area (Å²) in [4.78, 5) is 10.8. The second kappa shape index (κ2) is 5.29. The Labute approximate surface area is 101 Å². The van der Waals surface area contributed by atoms with E-state index in [-0.39, 0.29) is 24.0 Å². The first-order valence-electron chi connectivity index (χ1n) is 5.51. The van der Waals surface area contributed by atoms with E-state index in [9.17, 15) is 9.90 Å². The Morgan fingerprint density at radius 2 is 1.94 bits per heavy atom. The van der Waals surface area contributed by atoms with Crippen molar-refractivity contribution in [1.29, 1.82) is 0 Å². The van der Waals surface area contributed by atoms with E-state index in [0.717, 1.165) is 5.56 Å². The molecule has 3 N–H and O–H groups in total. The molecule has 0 radical (unpaired) electrons. The van der Waals surface area contributed by atoms with Gasteiger partial charge in [0.15, 0.2) is 0 Å². The van der Waals surface area contributed by atoms with Gasteiger partial charge in [-0.05, 0) is 17.7 Å². The van der Waals surface area contributed by atoms with Gasteiger partial charge in [-0.1, -0.05) is 26.0 Å². The van der Waals surface area contributed by atoms with Crippen LogP contribution in [-0.2, 0) is 4.79 Å². The molecule has 1 atom stereocenters. The number of aliphatic hydroxyl groups is 1.